The Bertz CT molecular complexity index is 789. The van der Waals surface area contributed by atoms with E-state index in [0.29, 0.717) is 25.8 Å². The molecule has 2 rings (SSSR count). The molecule has 0 aliphatic carbocycles. The van der Waals surface area contributed by atoms with Gasteiger partial charge in [-0.05, 0) is 50.2 Å². The van der Waals surface area contributed by atoms with Gasteiger partial charge in [-0.25, -0.2) is 4.79 Å². The summed E-state index contributed by atoms with van der Waals surface area (Å²) in [6.45, 7) is 8.31. The van der Waals surface area contributed by atoms with Crippen molar-refractivity contribution in [2.24, 2.45) is 5.92 Å². The molecule has 34 heavy (non-hydrogen) atoms. The number of rotatable bonds is 14. The molecule has 0 unspecified atom stereocenters. The van der Waals surface area contributed by atoms with E-state index in [0.717, 1.165) is 17.1 Å². The lowest BCUT2D eigenvalue weighted by atomic mass is 10.0. The van der Waals surface area contributed by atoms with Crippen LogP contribution < -0.4 is 5.32 Å². The first-order chi connectivity index (χ1) is 16.3. The molecule has 7 nitrogen and oxygen atoms in total. The van der Waals surface area contributed by atoms with Crippen LogP contribution in [0.5, 0.6) is 0 Å². The third kappa shape index (κ3) is 8.20. The molecule has 190 valence electrons. The van der Waals surface area contributed by atoms with Crippen LogP contribution in [0.25, 0.3) is 0 Å². The third-order valence-electron chi connectivity index (χ3n) is 5.91. The Morgan fingerprint density at radius 3 is 2.35 bits per heavy atom. The van der Waals surface area contributed by atoms with E-state index in [9.17, 15) is 19.5 Å². The second kappa shape index (κ2) is 14.6. The number of carboxylic acids is 1. The molecule has 1 aliphatic rings. The van der Waals surface area contributed by atoms with Crippen LogP contribution in [0.2, 0.25) is 0 Å². The number of carbonyl (C=O) groups is 3. The summed E-state index contributed by atoms with van der Waals surface area (Å²) in [5.41, 5.74) is 1.10. The van der Waals surface area contributed by atoms with Crippen LogP contribution in [0.4, 0.5) is 0 Å². The van der Waals surface area contributed by atoms with E-state index in [1.807, 2.05) is 53.9 Å². The van der Waals surface area contributed by atoms with E-state index in [4.69, 9.17) is 4.74 Å². The maximum Gasteiger partial charge on any atom is 0.326 e. The zero-order valence-electron chi connectivity index (χ0n) is 20.6. The summed E-state index contributed by atoms with van der Waals surface area (Å²) in [4.78, 5) is 39.4. The van der Waals surface area contributed by atoms with Gasteiger partial charge in [0.1, 0.15) is 12.1 Å². The van der Waals surface area contributed by atoms with Gasteiger partial charge in [-0.15, -0.1) is 23.5 Å². The molecule has 2 N–H and O–H groups in total. The topological polar surface area (TPSA) is 95.9 Å². The van der Waals surface area contributed by atoms with Crippen molar-refractivity contribution in [2.75, 3.05) is 24.7 Å². The summed E-state index contributed by atoms with van der Waals surface area (Å²) in [5, 5.41) is 13.0. The summed E-state index contributed by atoms with van der Waals surface area (Å²) in [7, 11) is 0. The fourth-order valence-corrected chi connectivity index (χ4v) is 7.08. The number of carbonyl (C=O) groups excluding carboxylic acids is 2. The van der Waals surface area contributed by atoms with Crippen LogP contribution >= 0.6 is 23.5 Å². The van der Waals surface area contributed by atoms with Crippen LogP contribution in [0.3, 0.4) is 0 Å². The number of hydrogen-bond acceptors (Lipinski definition) is 7. The number of nitrogens with one attached hydrogen (secondary N) is 1. The van der Waals surface area contributed by atoms with Gasteiger partial charge >= 0.3 is 11.9 Å². The smallest absolute Gasteiger partial charge is 0.326 e. The first-order valence-corrected chi connectivity index (χ1v) is 14.1. The maximum atomic E-state index is 13.4. The molecule has 1 aromatic rings. The Labute approximate surface area is 211 Å². The van der Waals surface area contributed by atoms with Crippen molar-refractivity contribution in [2.45, 2.75) is 69.7 Å². The van der Waals surface area contributed by atoms with Crippen LogP contribution in [-0.4, -0.2) is 75.2 Å². The monoisotopic (exact) mass is 510 g/mol. The van der Waals surface area contributed by atoms with Gasteiger partial charge in [0.2, 0.25) is 5.91 Å². The second-order valence-electron chi connectivity index (χ2n) is 8.34. The first kappa shape index (κ1) is 28.5. The molecular formula is C25H38N2O5S2. The molecule has 0 radical (unpaired) electrons. The van der Waals surface area contributed by atoms with Crippen molar-refractivity contribution >= 4 is 41.4 Å². The number of hydrogen-bond donors (Lipinski definition) is 2. The number of nitrogens with zero attached hydrogens (tertiary/aromatic N) is 1. The maximum absolute atomic E-state index is 13.4. The summed E-state index contributed by atoms with van der Waals surface area (Å²) >= 11 is 3.63. The SMILES string of the molecule is CCOC(=O)[C@H](CCc1ccccc1)N[C@@H](C)C(=O)N1C[C@@H](C(SCC)SCC)C[C@@H]1C(=O)O. The van der Waals surface area contributed by atoms with Crippen molar-refractivity contribution < 1.29 is 24.2 Å². The predicted molar refractivity (Wildman–Crippen MR) is 139 cm³/mol. The summed E-state index contributed by atoms with van der Waals surface area (Å²) in [5.74, 6) is 0.347. The predicted octanol–water partition coefficient (Wildman–Crippen LogP) is 3.66. The van der Waals surface area contributed by atoms with Crippen molar-refractivity contribution in [1.29, 1.82) is 0 Å². The Balaban J connectivity index is 2.10. The average molecular weight is 511 g/mol. The lowest BCUT2D eigenvalue weighted by Gasteiger charge is -2.28. The van der Waals surface area contributed by atoms with Gasteiger partial charge in [-0.3, -0.25) is 14.9 Å². The van der Waals surface area contributed by atoms with E-state index in [2.05, 4.69) is 19.2 Å². The Morgan fingerprint density at radius 1 is 1.15 bits per heavy atom. The van der Waals surface area contributed by atoms with Gasteiger partial charge in [0.15, 0.2) is 0 Å². The number of likely N-dealkylation sites (tertiary alicyclic amines) is 1. The zero-order chi connectivity index (χ0) is 25.1. The van der Waals surface area contributed by atoms with Crippen molar-refractivity contribution in [3.63, 3.8) is 0 Å². The number of benzene rings is 1. The molecule has 0 aromatic heterocycles. The molecule has 4 atom stereocenters. The number of esters is 1. The van der Waals surface area contributed by atoms with E-state index in [-0.39, 0.29) is 23.0 Å². The highest BCUT2D eigenvalue weighted by Gasteiger charge is 2.44. The van der Waals surface area contributed by atoms with E-state index >= 15 is 0 Å². The summed E-state index contributed by atoms with van der Waals surface area (Å²) in [6, 6.07) is 7.63. The van der Waals surface area contributed by atoms with Gasteiger partial charge in [0.25, 0.3) is 0 Å². The molecule has 1 aromatic carbocycles. The van der Waals surface area contributed by atoms with Gasteiger partial charge in [0.05, 0.1) is 17.2 Å². The molecule has 0 saturated carbocycles. The van der Waals surface area contributed by atoms with Crippen LogP contribution in [0.1, 0.15) is 46.1 Å². The molecule has 1 saturated heterocycles. The molecule has 0 spiro atoms. The summed E-state index contributed by atoms with van der Waals surface area (Å²) in [6.07, 6.45) is 1.59. The fraction of sp³-hybridized carbons (Fsp3) is 0.640. The van der Waals surface area contributed by atoms with Gasteiger partial charge in [0, 0.05) is 12.5 Å². The molecule has 0 bridgehead atoms. The highest BCUT2D eigenvalue weighted by atomic mass is 32.2. The number of aryl methyl sites for hydroxylation is 1. The number of thioether (sulfide) groups is 2. The van der Waals surface area contributed by atoms with Crippen LogP contribution in [-0.2, 0) is 25.5 Å². The Hall–Kier alpha value is -1.71. The zero-order valence-corrected chi connectivity index (χ0v) is 22.2. The Morgan fingerprint density at radius 2 is 1.79 bits per heavy atom. The largest absolute Gasteiger partial charge is 0.480 e. The number of ether oxygens (including phenoxy) is 1. The van der Waals surface area contributed by atoms with Gasteiger partial charge < -0.3 is 14.7 Å². The highest BCUT2D eigenvalue weighted by Crippen LogP contribution is 2.38. The van der Waals surface area contributed by atoms with Crippen molar-refractivity contribution in [3.05, 3.63) is 35.9 Å². The molecule has 9 heteroatoms. The van der Waals surface area contributed by atoms with E-state index < -0.39 is 30.1 Å². The van der Waals surface area contributed by atoms with E-state index in [1.54, 1.807) is 13.8 Å². The molecule has 1 heterocycles. The molecule has 1 fully saturated rings. The minimum absolute atomic E-state index is 0.117. The minimum atomic E-state index is -0.976. The highest BCUT2D eigenvalue weighted by molar-refractivity contribution is 8.17. The molecule has 1 aliphatic heterocycles. The number of aliphatic carboxylic acids is 1. The average Bonchev–Trinajstić information content (AvgIpc) is 3.27. The van der Waals surface area contributed by atoms with Crippen LogP contribution in [0.15, 0.2) is 30.3 Å². The fourth-order valence-electron chi connectivity index (χ4n) is 4.28. The normalized spacial score (nSPS) is 19.7. The van der Waals surface area contributed by atoms with E-state index in [1.165, 1.54) is 4.90 Å². The lowest BCUT2D eigenvalue weighted by Crippen LogP contribution is -2.53. The Kier molecular flexibility index (Phi) is 12.3. The second-order valence-corrected chi connectivity index (χ2v) is 11.5. The van der Waals surface area contributed by atoms with Gasteiger partial charge in [-0.2, -0.15) is 0 Å². The minimum Gasteiger partial charge on any atom is -0.480 e. The summed E-state index contributed by atoms with van der Waals surface area (Å²) < 4.78 is 5.49. The van der Waals surface area contributed by atoms with Crippen LogP contribution in [0, 0.1) is 5.92 Å². The first-order valence-electron chi connectivity index (χ1n) is 12.0. The van der Waals surface area contributed by atoms with Crippen molar-refractivity contribution in [1.82, 2.24) is 10.2 Å². The number of amides is 1. The van der Waals surface area contributed by atoms with Gasteiger partial charge in [-0.1, -0.05) is 44.2 Å². The standard InChI is InChI=1S/C25H38N2O5S2/c1-5-32-24(31)20(14-13-18-11-9-8-10-12-18)26-17(4)22(28)27-16-19(15-21(27)23(29)30)25(33-6-2)34-7-3/h8-12,17,19-21,25-26H,5-7,13-16H2,1-4H3,(H,29,30)/t17-,19-,20-,21+/m0/s1. The third-order valence-corrected chi connectivity index (χ3v) is 8.82. The lowest BCUT2D eigenvalue weighted by molar-refractivity contribution is -0.150. The molecule has 1 amide bonds. The quantitative estimate of drug-likeness (QED) is 0.289. The molecular weight excluding hydrogens is 472 g/mol. The number of carboxylic acid groups (broad SMARTS) is 1. The van der Waals surface area contributed by atoms with Crippen molar-refractivity contribution in [3.8, 4) is 0 Å².